The highest BCUT2D eigenvalue weighted by atomic mass is 16.5. The maximum absolute atomic E-state index is 12.6. The highest BCUT2D eigenvalue weighted by Gasteiger charge is 2.30. The standard InChI is InChI=1S/C18H25N3O4/c1-12-2-3-13(18(23)21-6-8-24-9-7-21)10-15(12)20-17(22)16-5-4-14(11-19)25-16/h2-3,10,14,16H,4-9,11,19H2,1H3,(H,20,22)/t14-,16+/m1/s1. The van der Waals surface area contributed by atoms with Crippen LogP contribution in [0.2, 0.25) is 0 Å². The Hall–Kier alpha value is -1.96. The SMILES string of the molecule is Cc1ccc(C(=O)N2CCOCC2)cc1NC(=O)[C@@H]1CC[C@H](CN)O1. The number of anilines is 1. The summed E-state index contributed by atoms with van der Waals surface area (Å²) in [5.41, 5.74) is 7.70. The van der Waals surface area contributed by atoms with Gasteiger partial charge in [-0.3, -0.25) is 9.59 Å². The minimum atomic E-state index is -0.480. The number of nitrogens with two attached hydrogens (primary N) is 1. The van der Waals surface area contributed by atoms with Gasteiger partial charge in [-0.15, -0.1) is 0 Å². The molecule has 2 atom stereocenters. The van der Waals surface area contributed by atoms with Crippen LogP contribution in [0.3, 0.4) is 0 Å². The van der Waals surface area contributed by atoms with Crippen LogP contribution in [0.1, 0.15) is 28.8 Å². The summed E-state index contributed by atoms with van der Waals surface area (Å²) in [7, 11) is 0. The van der Waals surface area contributed by atoms with Crippen molar-refractivity contribution in [1.82, 2.24) is 4.90 Å². The number of nitrogens with zero attached hydrogens (tertiary/aromatic N) is 1. The fraction of sp³-hybridized carbons (Fsp3) is 0.556. The first-order valence-corrected chi connectivity index (χ1v) is 8.72. The predicted octanol–water partition coefficient (Wildman–Crippen LogP) is 0.912. The molecule has 0 unspecified atom stereocenters. The summed E-state index contributed by atoms with van der Waals surface area (Å²) < 4.78 is 10.9. The minimum absolute atomic E-state index is 0.0425. The van der Waals surface area contributed by atoms with Crippen molar-refractivity contribution in [1.29, 1.82) is 0 Å². The van der Waals surface area contributed by atoms with Gasteiger partial charge in [0.1, 0.15) is 6.10 Å². The van der Waals surface area contributed by atoms with Gasteiger partial charge in [0, 0.05) is 30.9 Å². The first-order chi connectivity index (χ1) is 12.1. The number of aryl methyl sites for hydroxylation is 1. The molecule has 1 aromatic carbocycles. The van der Waals surface area contributed by atoms with Crippen molar-refractivity contribution in [2.45, 2.75) is 32.0 Å². The van der Waals surface area contributed by atoms with Gasteiger partial charge in [0.2, 0.25) is 0 Å². The lowest BCUT2D eigenvalue weighted by molar-refractivity contribution is -0.126. The third kappa shape index (κ3) is 4.18. The zero-order valence-corrected chi connectivity index (χ0v) is 14.5. The van der Waals surface area contributed by atoms with E-state index in [1.54, 1.807) is 17.0 Å². The maximum Gasteiger partial charge on any atom is 0.254 e. The molecule has 0 aromatic heterocycles. The van der Waals surface area contributed by atoms with Crippen molar-refractivity contribution in [3.8, 4) is 0 Å². The first-order valence-electron chi connectivity index (χ1n) is 8.72. The van der Waals surface area contributed by atoms with Crippen molar-refractivity contribution in [3.05, 3.63) is 29.3 Å². The van der Waals surface area contributed by atoms with Gasteiger partial charge in [-0.25, -0.2) is 0 Å². The number of hydrogen-bond acceptors (Lipinski definition) is 5. The number of ether oxygens (including phenoxy) is 2. The number of rotatable bonds is 4. The molecule has 2 aliphatic heterocycles. The molecule has 0 saturated carbocycles. The van der Waals surface area contributed by atoms with Crippen molar-refractivity contribution in [2.75, 3.05) is 38.2 Å². The predicted molar refractivity (Wildman–Crippen MR) is 93.5 cm³/mol. The number of benzene rings is 1. The summed E-state index contributed by atoms with van der Waals surface area (Å²) in [5, 5.41) is 2.89. The van der Waals surface area contributed by atoms with Gasteiger partial charge >= 0.3 is 0 Å². The van der Waals surface area contributed by atoms with E-state index in [-0.39, 0.29) is 17.9 Å². The van der Waals surface area contributed by atoms with Gasteiger partial charge in [-0.2, -0.15) is 0 Å². The second-order valence-electron chi connectivity index (χ2n) is 6.48. The van der Waals surface area contributed by atoms with E-state index in [4.69, 9.17) is 15.2 Å². The number of carbonyl (C=O) groups is 2. The summed E-state index contributed by atoms with van der Waals surface area (Å²) in [4.78, 5) is 26.8. The molecule has 7 nitrogen and oxygen atoms in total. The average molecular weight is 347 g/mol. The van der Waals surface area contributed by atoms with Crippen LogP contribution in [0.5, 0.6) is 0 Å². The van der Waals surface area contributed by atoms with Gasteiger partial charge in [-0.1, -0.05) is 6.07 Å². The van der Waals surface area contributed by atoms with Crippen molar-refractivity contribution in [3.63, 3.8) is 0 Å². The van der Waals surface area contributed by atoms with Crippen molar-refractivity contribution < 1.29 is 19.1 Å². The third-order valence-corrected chi connectivity index (χ3v) is 4.70. The molecule has 3 N–H and O–H groups in total. The fourth-order valence-electron chi connectivity index (χ4n) is 3.12. The van der Waals surface area contributed by atoms with Crippen LogP contribution in [0, 0.1) is 6.92 Å². The van der Waals surface area contributed by atoms with Gasteiger partial charge < -0.3 is 25.4 Å². The van der Waals surface area contributed by atoms with Crippen molar-refractivity contribution >= 4 is 17.5 Å². The number of morpholine rings is 1. The molecule has 1 aromatic rings. The minimum Gasteiger partial charge on any atom is -0.378 e. The Labute approximate surface area is 147 Å². The Morgan fingerprint density at radius 2 is 2.04 bits per heavy atom. The first kappa shape index (κ1) is 17.8. The lowest BCUT2D eigenvalue weighted by Gasteiger charge is -2.27. The van der Waals surface area contributed by atoms with Crippen LogP contribution in [0.4, 0.5) is 5.69 Å². The maximum atomic E-state index is 12.6. The molecule has 0 bridgehead atoms. The second kappa shape index (κ2) is 7.95. The summed E-state index contributed by atoms with van der Waals surface area (Å²) in [6, 6.07) is 5.38. The summed E-state index contributed by atoms with van der Waals surface area (Å²) >= 11 is 0. The molecule has 2 heterocycles. The van der Waals surface area contributed by atoms with Crippen LogP contribution in [-0.2, 0) is 14.3 Å². The highest BCUT2D eigenvalue weighted by molar-refractivity contribution is 5.99. The third-order valence-electron chi connectivity index (χ3n) is 4.70. The number of amides is 2. The monoisotopic (exact) mass is 347 g/mol. The molecule has 3 rings (SSSR count). The summed E-state index contributed by atoms with van der Waals surface area (Å²) in [6.45, 7) is 4.61. The second-order valence-corrected chi connectivity index (χ2v) is 6.48. The molecule has 2 amide bonds. The molecule has 2 aliphatic rings. The van der Waals surface area contributed by atoms with Crippen molar-refractivity contribution in [2.24, 2.45) is 5.73 Å². The van der Waals surface area contributed by atoms with E-state index in [1.165, 1.54) is 0 Å². The van der Waals surface area contributed by atoms with Gasteiger partial charge in [0.15, 0.2) is 0 Å². The molecule has 0 spiro atoms. The van der Waals surface area contributed by atoms with Crippen LogP contribution in [-0.4, -0.2) is 61.8 Å². The van der Waals surface area contributed by atoms with E-state index >= 15 is 0 Å². The normalized spacial score (nSPS) is 23.5. The molecule has 0 aliphatic carbocycles. The molecule has 7 heteroatoms. The Morgan fingerprint density at radius 3 is 2.72 bits per heavy atom. The van der Waals surface area contributed by atoms with Gasteiger partial charge in [-0.05, 0) is 37.5 Å². The highest BCUT2D eigenvalue weighted by Crippen LogP contribution is 2.23. The fourth-order valence-corrected chi connectivity index (χ4v) is 3.12. The average Bonchev–Trinajstić information content (AvgIpc) is 3.13. The molecular formula is C18H25N3O4. The van der Waals surface area contributed by atoms with E-state index in [0.717, 1.165) is 12.0 Å². The molecule has 136 valence electrons. The quantitative estimate of drug-likeness (QED) is 0.844. The van der Waals surface area contributed by atoms with Crippen LogP contribution < -0.4 is 11.1 Å². The Morgan fingerprint density at radius 1 is 1.28 bits per heavy atom. The molecule has 2 saturated heterocycles. The Bertz CT molecular complexity index is 643. The molecular weight excluding hydrogens is 322 g/mol. The Kier molecular flexibility index (Phi) is 5.67. The van der Waals surface area contributed by atoms with Gasteiger partial charge in [0.05, 0.1) is 19.3 Å². The zero-order valence-electron chi connectivity index (χ0n) is 14.5. The molecule has 2 fully saturated rings. The van der Waals surface area contributed by atoms with E-state index in [9.17, 15) is 9.59 Å². The largest absolute Gasteiger partial charge is 0.378 e. The zero-order chi connectivity index (χ0) is 17.8. The van der Waals surface area contributed by atoms with Crippen LogP contribution in [0.25, 0.3) is 0 Å². The lowest BCUT2D eigenvalue weighted by atomic mass is 10.1. The number of hydrogen-bond donors (Lipinski definition) is 2. The molecule has 0 radical (unpaired) electrons. The van der Waals surface area contributed by atoms with E-state index in [2.05, 4.69) is 5.32 Å². The summed E-state index contributed by atoms with van der Waals surface area (Å²) in [5.74, 6) is -0.228. The smallest absolute Gasteiger partial charge is 0.254 e. The lowest BCUT2D eigenvalue weighted by Crippen LogP contribution is -2.40. The van der Waals surface area contributed by atoms with E-state index in [0.29, 0.717) is 50.5 Å². The van der Waals surface area contributed by atoms with E-state index in [1.807, 2.05) is 13.0 Å². The van der Waals surface area contributed by atoms with Crippen LogP contribution >= 0.6 is 0 Å². The number of nitrogens with one attached hydrogen (secondary N) is 1. The topological polar surface area (TPSA) is 93.9 Å². The number of carbonyl (C=O) groups excluding carboxylic acids is 2. The van der Waals surface area contributed by atoms with E-state index < -0.39 is 6.10 Å². The Balaban J connectivity index is 1.69. The van der Waals surface area contributed by atoms with Gasteiger partial charge in [0.25, 0.3) is 11.8 Å². The molecule has 25 heavy (non-hydrogen) atoms. The summed E-state index contributed by atoms with van der Waals surface area (Å²) in [6.07, 6.45) is 0.931. The van der Waals surface area contributed by atoms with Crippen LogP contribution in [0.15, 0.2) is 18.2 Å².